The summed E-state index contributed by atoms with van der Waals surface area (Å²) in [6.07, 6.45) is 2.82. The average Bonchev–Trinajstić information content (AvgIpc) is 2.71. The second-order valence-electron chi connectivity index (χ2n) is 10.5. The molecule has 0 aliphatic carbocycles. The number of amides is 1. The van der Waals surface area contributed by atoms with E-state index >= 15 is 0 Å². The first-order valence-corrected chi connectivity index (χ1v) is 9.69. The number of rotatable bonds is 3. The van der Waals surface area contributed by atoms with Crippen LogP contribution in [-0.2, 0) is 14.0 Å². The molecule has 1 aliphatic heterocycles. The fourth-order valence-electron chi connectivity index (χ4n) is 2.58. The van der Waals surface area contributed by atoms with Crippen LogP contribution in [0.3, 0.4) is 0 Å². The van der Waals surface area contributed by atoms with Crippen LogP contribution < -0.4 is 10.4 Å². The van der Waals surface area contributed by atoms with E-state index in [0.717, 1.165) is 0 Å². The third-order valence-electron chi connectivity index (χ3n) is 4.67. The predicted molar refractivity (Wildman–Crippen MR) is 111 cm³/mol. The van der Waals surface area contributed by atoms with Crippen molar-refractivity contribution >= 4 is 24.6 Å². The minimum atomic E-state index is -0.601. The minimum Gasteiger partial charge on any atom is -0.443 e. The maximum Gasteiger partial charge on any atom is 0.498 e. The third kappa shape index (κ3) is 5.44. The van der Waals surface area contributed by atoms with E-state index in [4.69, 9.17) is 14.0 Å². The smallest absolute Gasteiger partial charge is 0.443 e. The zero-order chi connectivity index (χ0) is 21.5. The van der Waals surface area contributed by atoms with Gasteiger partial charge in [0.15, 0.2) is 0 Å². The highest BCUT2D eigenvalue weighted by molar-refractivity contribution is 6.61. The van der Waals surface area contributed by atoms with Crippen LogP contribution in [0.4, 0.5) is 10.7 Å². The largest absolute Gasteiger partial charge is 0.498 e. The fraction of sp³-hybridized carbons (Fsp3) is 0.750. The van der Waals surface area contributed by atoms with Gasteiger partial charge in [-0.25, -0.2) is 19.7 Å². The van der Waals surface area contributed by atoms with E-state index in [0.29, 0.717) is 18.0 Å². The normalized spacial score (nSPS) is 18.9. The van der Waals surface area contributed by atoms with Gasteiger partial charge in [0.1, 0.15) is 5.60 Å². The van der Waals surface area contributed by atoms with Gasteiger partial charge in [0.05, 0.1) is 11.2 Å². The lowest BCUT2D eigenvalue weighted by Crippen LogP contribution is -2.43. The van der Waals surface area contributed by atoms with Gasteiger partial charge in [0, 0.05) is 24.4 Å². The van der Waals surface area contributed by atoms with Crippen LogP contribution in [0, 0.1) is 5.41 Å². The molecule has 2 heterocycles. The molecule has 2 rings (SSSR count). The summed E-state index contributed by atoms with van der Waals surface area (Å²) >= 11 is 0. The molecule has 1 saturated heterocycles. The summed E-state index contributed by atoms with van der Waals surface area (Å²) < 4.78 is 17.6. The maximum atomic E-state index is 12.7. The van der Waals surface area contributed by atoms with Crippen molar-refractivity contribution in [3.8, 4) is 0 Å². The average molecular weight is 391 g/mol. The predicted octanol–water partition coefficient (Wildman–Crippen LogP) is 3.56. The molecule has 1 aromatic rings. The van der Waals surface area contributed by atoms with Crippen LogP contribution >= 0.6 is 0 Å². The quantitative estimate of drug-likeness (QED) is 0.734. The Morgan fingerprint density at radius 1 is 1.04 bits per heavy atom. The summed E-state index contributed by atoms with van der Waals surface area (Å²) in [5.74, 6) is 0.296. The molecule has 0 spiro atoms. The standard InChI is InChI=1S/C20H34BN3O4/c1-17(2,3)13-24(16(25)26-18(4,5)6)15-22-11-14(12-23-15)21-27-19(7,8)20(9,10)28-21/h11-12H,13H2,1-10H3. The molecule has 1 fully saturated rings. The Kier molecular flexibility index (Phi) is 5.90. The number of aromatic nitrogens is 2. The van der Waals surface area contributed by atoms with E-state index in [1.807, 2.05) is 69.2 Å². The van der Waals surface area contributed by atoms with Crippen molar-refractivity contribution in [3.05, 3.63) is 12.4 Å². The molecule has 7 nitrogen and oxygen atoms in total. The number of hydrogen-bond donors (Lipinski definition) is 0. The molecular weight excluding hydrogens is 357 g/mol. The fourth-order valence-corrected chi connectivity index (χ4v) is 2.58. The van der Waals surface area contributed by atoms with Gasteiger partial charge >= 0.3 is 13.2 Å². The molecule has 28 heavy (non-hydrogen) atoms. The number of ether oxygens (including phenoxy) is 1. The number of carbonyl (C=O) groups is 1. The second-order valence-corrected chi connectivity index (χ2v) is 10.5. The summed E-state index contributed by atoms with van der Waals surface area (Å²) in [4.78, 5) is 23.0. The van der Waals surface area contributed by atoms with E-state index < -0.39 is 30.0 Å². The molecule has 0 aromatic carbocycles. The molecule has 1 amide bonds. The van der Waals surface area contributed by atoms with E-state index in [-0.39, 0.29) is 5.41 Å². The van der Waals surface area contributed by atoms with Gasteiger partial charge in [-0.2, -0.15) is 0 Å². The van der Waals surface area contributed by atoms with Crippen LogP contribution in [0.5, 0.6) is 0 Å². The lowest BCUT2D eigenvalue weighted by molar-refractivity contribution is 0.00578. The van der Waals surface area contributed by atoms with E-state index in [1.165, 1.54) is 4.90 Å². The van der Waals surface area contributed by atoms with Gasteiger partial charge in [0.25, 0.3) is 0 Å². The van der Waals surface area contributed by atoms with Crippen LogP contribution in [0.15, 0.2) is 12.4 Å². The molecule has 156 valence electrons. The third-order valence-corrected chi connectivity index (χ3v) is 4.67. The van der Waals surface area contributed by atoms with Gasteiger partial charge in [-0.3, -0.25) is 0 Å². The Bertz CT molecular complexity index is 690. The highest BCUT2D eigenvalue weighted by atomic mass is 16.7. The first-order valence-electron chi connectivity index (χ1n) is 9.69. The van der Waals surface area contributed by atoms with E-state index in [9.17, 15) is 4.79 Å². The number of carbonyl (C=O) groups excluding carboxylic acids is 1. The van der Waals surface area contributed by atoms with Crippen LogP contribution in [0.25, 0.3) is 0 Å². The molecule has 1 aliphatic rings. The molecule has 0 saturated carbocycles. The van der Waals surface area contributed by atoms with E-state index in [2.05, 4.69) is 9.97 Å². The summed E-state index contributed by atoms with van der Waals surface area (Å²) in [6, 6.07) is 0. The van der Waals surface area contributed by atoms with Crippen molar-refractivity contribution in [2.75, 3.05) is 11.4 Å². The zero-order valence-corrected chi connectivity index (χ0v) is 18.9. The Hall–Kier alpha value is -1.67. The summed E-state index contributed by atoms with van der Waals surface area (Å²) in [6.45, 7) is 20.1. The topological polar surface area (TPSA) is 73.8 Å². The second kappa shape index (κ2) is 7.30. The molecule has 0 unspecified atom stereocenters. The molecule has 0 N–H and O–H groups in total. The van der Waals surface area contributed by atoms with Crippen molar-refractivity contribution in [1.29, 1.82) is 0 Å². The van der Waals surface area contributed by atoms with E-state index in [1.54, 1.807) is 12.4 Å². The van der Waals surface area contributed by atoms with Crippen LogP contribution in [0.2, 0.25) is 0 Å². The first-order chi connectivity index (χ1) is 12.5. The van der Waals surface area contributed by atoms with Gasteiger partial charge < -0.3 is 14.0 Å². The number of hydrogen-bond acceptors (Lipinski definition) is 6. The molecule has 8 heteroatoms. The molecule has 1 aromatic heterocycles. The first kappa shape index (κ1) is 22.6. The van der Waals surface area contributed by atoms with Gasteiger partial charge in [-0.1, -0.05) is 20.8 Å². The SMILES string of the molecule is CC(C)(C)CN(C(=O)OC(C)(C)C)c1ncc(B2OC(C)(C)C(C)(C)O2)cn1. The zero-order valence-electron chi connectivity index (χ0n) is 18.9. The lowest BCUT2D eigenvalue weighted by atomic mass is 9.81. The Morgan fingerprint density at radius 2 is 1.50 bits per heavy atom. The molecule has 0 bridgehead atoms. The van der Waals surface area contributed by atoms with Crippen molar-refractivity contribution in [3.63, 3.8) is 0 Å². The minimum absolute atomic E-state index is 0.148. The molecule has 0 radical (unpaired) electrons. The highest BCUT2D eigenvalue weighted by Crippen LogP contribution is 2.36. The Labute approximate surface area is 169 Å². The van der Waals surface area contributed by atoms with Crippen molar-refractivity contribution in [2.45, 2.75) is 86.0 Å². The number of anilines is 1. The number of nitrogens with zero attached hydrogens (tertiary/aromatic N) is 3. The Morgan fingerprint density at radius 3 is 1.89 bits per heavy atom. The van der Waals surface area contributed by atoms with Gasteiger partial charge in [-0.05, 0) is 53.9 Å². The summed E-state index contributed by atoms with van der Waals surface area (Å²) in [5.41, 5.74) is -0.918. The van der Waals surface area contributed by atoms with Gasteiger partial charge in [0.2, 0.25) is 5.95 Å². The molecule has 0 atom stereocenters. The van der Waals surface area contributed by atoms with Crippen molar-refractivity contribution in [1.82, 2.24) is 9.97 Å². The van der Waals surface area contributed by atoms with Crippen molar-refractivity contribution in [2.24, 2.45) is 5.41 Å². The Balaban J connectivity index is 2.25. The summed E-state index contributed by atoms with van der Waals surface area (Å²) in [5, 5.41) is 0. The van der Waals surface area contributed by atoms with Crippen molar-refractivity contribution < 1.29 is 18.8 Å². The molecular formula is C20H34BN3O4. The highest BCUT2D eigenvalue weighted by Gasteiger charge is 2.52. The maximum absolute atomic E-state index is 12.7. The summed E-state index contributed by atoms with van der Waals surface area (Å²) in [7, 11) is -0.545. The lowest BCUT2D eigenvalue weighted by Gasteiger charge is -2.32. The van der Waals surface area contributed by atoms with Crippen LogP contribution in [-0.4, -0.2) is 46.5 Å². The van der Waals surface area contributed by atoms with Crippen LogP contribution in [0.1, 0.15) is 69.2 Å². The van der Waals surface area contributed by atoms with Gasteiger partial charge in [-0.15, -0.1) is 0 Å². The monoisotopic (exact) mass is 391 g/mol.